The zero-order valence-electron chi connectivity index (χ0n) is 29.5. The van der Waals surface area contributed by atoms with Gasteiger partial charge in [-0.05, 0) is 64.9 Å². The molecule has 0 radical (unpaired) electrons. The third-order valence-corrected chi connectivity index (χ3v) is 16.2. The van der Waals surface area contributed by atoms with Crippen LogP contribution in [0.25, 0.3) is 10.9 Å². The molecule has 1 saturated heterocycles. The number of hydrogen-bond donors (Lipinski definition) is 1. The maximum Gasteiger partial charge on any atom is 0.417 e. The summed E-state index contributed by atoms with van der Waals surface area (Å²) in [6.45, 7) is 20.0. The Morgan fingerprint density at radius 1 is 1.14 bits per heavy atom. The van der Waals surface area contributed by atoms with E-state index in [2.05, 4.69) is 43.8 Å². The van der Waals surface area contributed by atoms with E-state index in [4.69, 9.17) is 20.8 Å². The third kappa shape index (κ3) is 9.13. The summed E-state index contributed by atoms with van der Waals surface area (Å²) >= 11 is 8.79. The van der Waals surface area contributed by atoms with Crippen molar-refractivity contribution >= 4 is 65.8 Å². The highest BCUT2D eigenvalue weighted by Crippen LogP contribution is 2.46. The van der Waals surface area contributed by atoms with Crippen LogP contribution in [-0.4, -0.2) is 72.4 Å². The maximum atomic E-state index is 14.5. The van der Waals surface area contributed by atoms with Gasteiger partial charge in [-0.3, -0.25) is 4.90 Å². The van der Waals surface area contributed by atoms with Gasteiger partial charge >= 0.3 is 18.0 Å². The van der Waals surface area contributed by atoms with Crippen LogP contribution < -0.4 is 10.6 Å². The minimum Gasteiger partial charge on any atom is -0.444 e. The number of aromatic nitrogens is 2. The van der Waals surface area contributed by atoms with Gasteiger partial charge in [-0.25, -0.2) is 14.0 Å². The lowest BCUT2D eigenvalue weighted by Gasteiger charge is -2.45. The molecule has 3 heterocycles. The predicted molar refractivity (Wildman–Crippen MR) is 192 cm³/mol. The molecule has 16 heteroatoms. The van der Waals surface area contributed by atoms with Gasteiger partial charge in [0.1, 0.15) is 17.2 Å². The van der Waals surface area contributed by atoms with Crippen LogP contribution >= 0.6 is 34.7 Å². The summed E-state index contributed by atoms with van der Waals surface area (Å²) in [6.07, 6.45) is -5.32. The van der Waals surface area contributed by atoms with Crippen LogP contribution in [0.4, 0.5) is 28.2 Å². The number of nitrogens with one attached hydrogen (secondary N) is 1. The minimum atomic E-state index is -4.81. The number of fused-ring (bicyclic) bond motifs is 1. The van der Waals surface area contributed by atoms with Crippen molar-refractivity contribution in [3.63, 3.8) is 0 Å². The lowest BCUT2D eigenvalue weighted by Crippen LogP contribution is -2.59. The number of piperazine rings is 1. The maximum absolute atomic E-state index is 14.5. The zero-order chi connectivity index (χ0) is 36.9. The number of alkyl halides is 3. The van der Waals surface area contributed by atoms with Gasteiger partial charge in [0.15, 0.2) is 8.32 Å². The molecule has 2 aromatic heterocycles. The van der Waals surface area contributed by atoms with Crippen molar-refractivity contribution in [2.75, 3.05) is 30.3 Å². The van der Waals surface area contributed by atoms with E-state index in [-0.39, 0.29) is 58.0 Å². The average molecular weight is 765 g/mol. The Morgan fingerprint density at radius 3 is 2.27 bits per heavy atom. The number of thiophene rings is 1. The molecule has 0 spiro atoms. The van der Waals surface area contributed by atoms with Crippen LogP contribution in [-0.2, 0) is 15.3 Å². The SMILES string of the molecule is C[C@@H]1CN(c2nc(=O)[nH]c3c(SCC(CO[Si](C)(C)C(C)(C)C)c4cc(F)cs4)c(Cl)c(C(F)(F)F)cc23)C[C@H](C)N1C(=O)OC(C)(C)C. The first kappa shape index (κ1) is 39.5. The Balaban J connectivity index is 1.76. The Hall–Kier alpha value is -2.33. The third-order valence-electron chi connectivity index (χ3n) is 8.90. The van der Waals surface area contributed by atoms with Crippen LogP contribution in [0.5, 0.6) is 0 Å². The van der Waals surface area contributed by atoms with Gasteiger partial charge in [0.2, 0.25) is 0 Å². The number of hydrogen-bond acceptors (Lipinski definition) is 8. The normalized spacial score (nSPS) is 18.7. The summed E-state index contributed by atoms with van der Waals surface area (Å²) in [6, 6.07) is 1.51. The van der Waals surface area contributed by atoms with E-state index < -0.39 is 60.4 Å². The first-order valence-corrected chi connectivity index (χ1v) is 21.2. The first-order valence-electron chi connectivity index (χ1n) is 16.0. The Kier molecular flexibility index (Phi) is 11.6. The van der Waals surface area contributed by atoms with Crippen molar-refractivity contribution in [1.29, 1.82) is 0 Å². The molecule has 1 aliphatic rings. The highest BCUT2D eigenvalue weighted by molar-refractivity contribution is 7.99. The molecule has 1 aromatic carbocycles. The lowest BCUT2D eigenvalue weighted by atomic mass is 10.1. The number of carbonyl (C=O) groups is 1. The highest BCUT2D eigenvalue weighted by Gasteiger charge is 2.40. The van der Waals surface area contributed by atoms with Crippen molar-refractivity contribution in [1.82, 2.24) is 14.9 Å². The van der Waals surface area contributed by atoms with E-state index in [0.29, 0.717) is 4.88 Å². The van der Waals surface area contributed by atoms with Crippen LogP contribution in [0.15, 0.2) is 27.2 Å². The van der Waals surface area contributed by atoms with Crippen LogP contribution in [0.3, 0.4) is 0 Å². The standard InChI is InChI=1S/C33H45ClF4N4O4S2Si/c1-18-13-41(14-19(2)42(18)30(44)46-31(3,4)5)28-22-12-23(33(36,37)38)25(34)27(26(22)39-29(43)40-28)48-16-20(24-11-21(35)17-47-24)15-45-49(9,10)32(6,7)8/h11-12,17-20H,13-16H2,1-10H3,(H,39,40,43)/t18-,19+,20?. The van der Waals surface area contributed by atoms with Crippen LogP contribution in [0.1, 0.15) is 71.7 Å². The molecule has 49 heavy (non-hydrogen) atoms. The molecule has 8 nitrogen and oxygen atoms in total. The topological polar surface area (TPSA) is 87.8 Å². The molecular weight excluding hydrogens is 720 g/mol. The molecule has 3 aromatic rings. The van der Waals surface area contributed by atoms with Gasteiger partial charge in [-0.15, -0.1) is 23.1 Å². The highest BCUT2D eigenvalue weighted by atomic mass is 35.5. The molecule has 0 aliphatic carbocycles. The summed E-state index contributed by atoms with van der Waals surface area (Å²) < 4.78 is 69.8. The number of rotatable bonds is 8. The Bertz CT molecular complexity index is 1730. The second-order valence-electron chi connectivity index (χ2n) is 15.1. The number of halogens is 5. The van der Waals surface area contributed by atoms with Crippen molar-refractivity contribution < 1.29 is 31.5 Å². The number of carbonyl (C=O) groups excluding carboxylic acids is 1. The summed E-state index contributed by atoms with van der Waals surface area (Å²) in [5.41, 5.74) is -2.42. The quantitative estimate of drug-likeness (QED) is 0.139. The fourth-order valence-electron chi connectivity index (χ4n) is 5.44. The predicted octanol–water partition coefficient (Wildman–Crippen LogP) is 9.53. The Morgan fingerprint density at radius 2 is 1.76 bits per heavy atom. The number of H-pyrrole nitrogens is 1. The molecule has 1 amide bonds. The molecule has 3 atom stereocenters. The van der Waals surface area contributed by atoms with E-state index in [1.807, 2.05) is 0 Å². The number of benzene rings is 1. The fraction of sp³-hybridized carbons (Fsp3) is 0.606. The van der Waals surface area contributed by atoms with Gasteiger partial charge in [0.05, 0.1) is 33.1 Å². The number of anilines is 1. The molecule has 1 fully saturated rings. The summed E-state index contributed by atoms with van der Waals surface area (Å²) in [4.78, 5) is 36.9. The van der Waals surface area contributed by atoms with E-state index in [1.54, 1.807) is 44.4 Å². The largest absolute Gasteiger partial charge is 0.444 e. The molecule has 1 unspecified atom stereocenters. The van der Waals surface area contributed by atoms with Gasteiger partial charge < -0.3 is 19.0 Å². The van der Waals surface area contributed by atoms with E-state index in [9.17, 15) is 27.2 Å². The number of ether oxygens (including phenoxy) is 1. The monoisotopic (exact) mass is 764 g/mol. The number of aromatic amines is 1. The molecular formula is C33H45ClF4N4O4S2Si. The van der Waals surface area contributed by atoms with Crippen molar-refractivity contribution in [3.8, 4) is 0 Å². The average Bonchev–Trinajstić information content (AvgIpc) is 3.36. The van der Waals surface area contributed by atoms with Gasteiger partial charge in [-0.2, -0.15) is 18.2 Å². The van der Waals surface area contributed by atoms with E-state index >= 15 is 0 Å². The smallest absolute Gasteiger partial charge is 0.417 e. The molecule has 0 bridgehead atoms. The van der Waals surface area contributed by atoms with Gasteiger partial charge in [0, 0.05) is 47.0 Å². The van der Waals surface area contributed by atoms with E-state index in [0.717, 1.165) is 17.8 Å². The molecule has 1 aliphatic heterocycles. The second-order valence-corrected chi connectivity index (χ2v) is 22.3. The van der Waals surface area contributed by atoms with Gasteiger partial charge in [0.25, 0.3) is 0 Å². The first-order chi connectivity index (χ1) is 22.4. The van der Waals surface area contributed by atoms with Crippen LogP contribution in [0, 0.1) is 5.82 Å². The summed E-state index contributed by atoms with van der Waals surface area (Å²) in [5, 5.41) is 0.810. The Labute approximate surface area is 299 Å². The van der Waals surface area contributed by atoms with E-state index in [1.165, 1.54) is 22.8 Å². The minimum absolute atomic E-state index is 0.0371. The fourth-order valence-corrected chi connectivity index (χ4v) is 9.05. The summed E-state index contributed by atoms with van der Waals surface area (Å²) in [7, 11) is -2.23. The second kappa shape index (κ2) is 14.4. The zero-order valence-corrected chi connectivity index (χ0v) is 32.9. The molecule has 0 saturated carbocycles. The van der Waals surface area contributed by atoms with Gasteiger partial charge in [-0.1, -0.05) is 32.4 Å². The number of amides is 1. The summed E-state index contributed by atoms with van der Waals surface area (Å²) in [5.74, 6) is -0.513. The molecule has 4 rings (SSSR count). The lowest BCUT2D eigenvalue weighted by molar-refractivity contribution is -0.137. The van der Waals surface area contributed by atoms with Crippen molar-refractivity contribution in [2.45, 2.75) is 108 Å². The van der Waals surface area contributed by atoms with Crippen molar-refractivity contribution in [2.24, 2.45) is 0 Å². The molecule has 1 N–H and O–H groups in total. The number of nitrogens with zero attached hydrogens (tertiary/aromatic N) is 3. The van der Waals surface area contributed by atoms with Crippen LogP contribution in [0.2, 0.25) is 23.2 Å². The molecule has 272 valence electrons. The number of thioether (sulfide) groups is 1. The van der Waals surface area contributed by atoms with Crippen molar-refractivity contribution in [3.05, 3.63) is 49.3 Å².